The summed E-state index contributed by atoms with van der Waals surface area (Å²) in [5.74, 6) is -3.40. The van der Waals surface area contributed by atoms with E-state index in [1.807, 2.05) is 11.9 Å². The molecule has 0 saturated heterocycles. The van der Waals surface area contributed by atoms with Gasteiger partial charge in [0.1, 0.15) is 0 Å². The highest BCUT2D eigenvalue weighted by molar-refractivity contribution is 7.91. The molecule has 1 rings (SSSR count). The molecule has 20 heavy (non-hydrogen) atoms. The van der Waals surface area contributed by atoms with E-state index in [0.717, 1.165) is 31.5 Å². The number of anilines is 1. The number of alkyl halides is 2. The van der Waals surface area contributed by atoms with Crippen molar-refractivity contribution >= 4 is 15.5 Å². The molecule has 0 heterocycles. The van der Waals surface area contributed by atoms with E-state index < -0.39 is 15.6 Å². The van der Waals surface area contributed by atoms with Gasteiger partial charge in [0.2, 0.25) is 9.84 Å². The van der Waals surface area contributed by atoms with Gasteiger partial charge in [-0.2, -0.15) is 8.78 Å². The van der Waals surface area contributed by atoms with Gasteiger partial charge in [-0.25, -0.2) is 8.42 Å². The highest BCUT2D eigenvalue weighted by Crippen LogP contribution is 2.21. The third-order valence-corrected chi connectivity index (χ3v) is 4.39. The third kappa shape index (κ3) is 4.42. The van der Waals surface area contributed by atoms with Crippen LogP contribution in [0.1, 0.15) is 19.3 Å². The molecule has 0 atom stereocenters. The minimum absolute atomic E-state index is 0.171. The molecule has 1 aromatic rings. The Hall–Kier alpha value is -1.21. The highest BCUT2D eigenvalue weighted by atomic mass is 32.2. The van der Waals surface area contributed by atoms with Crippen molar-refractivity contribution in [2.24, 2.45) is 0 Å². The van der Waals surface area contributed by atoms with Crippen LogP contribution in [0, 0.1) is 0 Å². The smallest absolute Gasteiger partial charge is 0.341 e. The quantitative estimate of drug-likeness (QED) is 0.749. The van der Waals surface area contributed by atoms with Gasteiger partial charge in [0.15, 0.2) is 0 Å². The Bertz CT molecular complexity index is 503. The van der Waals surface area contributed by atoms with Crippen molar-refractivity contribution in [3.05, 3.63) is 24.3 Å². The summed E-state index contributed by atoms with van der Waals surface area (Å²) < 4.78 is 47.3. The van der Waals surface area contributed by atoms with Crippen LogP contribution < -0.4 is 4.90 Å². The SMILES string of the molecule is CN(CCCCCO)c1ccc(S(=O)(=O)C(F)F)cc1. The minimum atomic E-state index is -4.52. The van der Waals surface area contributed by atoms with Crippen LogP contribution in [0.2, 0.25) is 0 Å². The van der Waals surface area contributed by atoms with Gasteiger partial charge in [-0.1, -0.05) is 0 Å². The minimum Gasteiger partial charge on any atom is -0.396 e. The zero-order valence-corrected chi connectivity index (χ0v) is 12.1. The molecule has 7 heteroatoms. The van der Waals surface area contributed by atoms with Crippen LogP contribution in [0.15, 0.2) is 29.2 Å². The molecular formula is C13H19F2NO3S. The first-order chi connectivity index (χ1) is 9.39. The van der Waals surface area contributed by atoms with Gasteiger partial charge in [0.25, 0.3) is 0 Å². The lowest BCUT2D eigenvalue weighted by Crippen LogP contribution is -2.18. The van der Waals surface area contributed by atoms with Crippen LogP contribution in [-0.2, 0) is 9.84 Å². The second-order valence-corrected chi connectivity index (χ2v) is 6.42. The molecule has 0 radical (unpaired) electrons. The summed E-state index contributed by atoms with van der Waals surface area (Å²) in [5, 5.41) is 8.67. The number of sulfone groups is 1. The standard InChI is InChI=1S/C13H19F2NO3S/c1-16(9-3-2-4-10-17)11-5-7-12(8-6-11)20(18,19)13(14)15/h5-8,13,17H,2-4,9-10H2,1H3. The number of aliphatic hydroxyl groups excluding tert-OH is 1. The number of unbranched alkanes of at least 4 members (excludes halogenated alkanes) is 2. The summed E-state index contributed by atoms with van der Waals surface area (Å²) >= 11 is 0. The van der Waals surface area contributed by atoms with E-state index in [-0.39, 0.29) is 11.5 Å². The average Bonchev–Trinajstić information content (AvgIpc) is 2.43. The van der Waals surface area contributed by atoms with Crippen LogP contribution in [0.5, 0.6) is 0 Å². The topological polar surface area (TPSA) is 57.6 Å². The van der Waals surface area contributed by atoms with Crippen LogP contribution >= 0.6 is 0 Å². The largest absolute Gasteiger partial charge is 0.396 e. The molecule has 0 unspecified atom stereocenters. The van der Waals surface area contributed by atoms with Gasteiger partial charge in [0.05, 0.1) is 4.90 Å². The number of halogens is 2. The molecule has 0 amide bonds. The van der Waals surface area contributed by atoms with Gasteiger partial charge in [-0.05, 0) is 43.5 Å². The van der Waals surface area contributed by atoms with E-state index in [4.69, 9.17) is 5.11 Å². The summed E-state index contributed by atoms with van der Waals surface area (Å²) in [5.41, 5.74) is 0.766. The van der Waals surface area contributed by atoms with E-state index in [9.17, 15) is 17.2 Å². The van der Waals surface area contributed by atoms with Crippen LogP contribution in [0.4, 0.5) is 14.5 Å². The molecule has 1 aromatic carbocycles. The van der Waals surface area contributed by atoms with Gasteiger partial charge in [-0.15, -0.1) is 0 Å². The van der Waals surface area contributed by atoms with Gasteiger partial charge >= 0.3 is 5.76 Å². The van der Waals surface area contributed by atoms with Crippen LogP contribution in [0.25, 0.3) is 0 Å². The monoisotopic (exact) mass is 307 g/mol. The average molecular weight is 307 g/mol. The summed E-state index contributed by atoms with van der Waals surface area (Å²) in [6.07, 6.45) is 2.55. The molecule has 0 aliphatic rings. The van der Waals surface area contributed by atoms with Crippen molar-refractivity contribution in [3.63, 3.8) is 0 Å². The van der Waals surface area contributed by atoms with E-state index in [0.29, 0.717) is 0 Å². The first-order valence-corrected chi connectivity index (χ1v) is 7.88. The Labute approximate surface area is 117 Å². The van der Waals surface area contributed by atoms with Gasteiger partial charge < -0.3 is 10.0 Å². The fourth-order valence-corrected chi connectivity index (χ4v) is 2.48. The Morgan fingerprint density at radius 3 is 2.25 bits per heavy atom. The second-order valence-electron chi connectivity index (χ2n) is 4.51. The lowest BCUT2D eigenvalue weighted by Gasteiger charge is -2.19. The molecule has 0 saturated carbocycles. The zero-order chi connectivity index (χ0) is 15.2. The lowest BCUT2D eigenvalue weighted by molar-refractivity contribution is 0.234. The first kappa shape index (κ1) is 16.8. The van der Waals surface area contributed by atoms with Crippen molar-refractivity contribution in [1.29, 1.82) is 0 Å². The van der Waals surface area contributed by atoms with Gasteiger partial charge in [0, 0.05) is 25.9 Å². The maximum absolute atomic E-state index is 12.4. The van der Waals surface area contributed by atoms with Gasteiger partial charge in [-0.3, -0.25) is 0 Å². The maximum Gasteiger partial charge on any atom is 0.341 e. The molecule has 0 aliphatic heterocycles. The summed E-state index contributed by atoms with van der Waals surface area (Å²) in [6.45, 7) is 0.921. The fraction of sp³-hybridized carbons (Fsp3) is 0.538. The zero-order valence-electron chi connectivity index (χ0n) is 11.3. The molecule has 0 aliphatic carbocycles. The number of benzene rings is 1. The van der Waals surface area contributed by atoms with Crippen molar-refractivity contribution < 1.29 is 22.3 Å². The number of hydrogen-bond donors (Lipinski definition) is 1. The van der Waals surface area contributed by atoms with Crippen LogP contribution in [0.3, 0.4) is 0 Å². The molecule has 4 nitrogen and oxygen atoms in total. The van der Waals surface area contributed by atoms with Crippen molar-refractivity contribution in [2.75, 3.05) is 25.1 Å². The third-order valence-electron chi connectivity index (χ3n) is 2.99. The van der Waals surface area contributed by atoms with Crippen molar-refractivity contribution in [1.82, 2.24) is 0 Å². The maximum atomic E-state index is 12.4. The summed E-state index contributed by atoms with van der Waals surface area (Å²) in [7, 11) is -2.68. The van der Waals surface area contributed by atoms with E-state index in [2.05, 4.69) is 0 Å². The number of aliphatic hydroxyl groups is 1. The fourth-order valence-electron chi connectivity index (χ4n) is 1.76. The molecule has 0 aromatic heterocycles. The Morgan fingerprint density at radius 2 is 1.75 bits per heavy atom. The lowest BCUT2D eigenvalue weighted by atomic mass is 10.2. The van der Waals surface area contributed by atoms with Crippen LogP contribution in [-0.4, -0.2) is 39.5 Å². The second kappa shape index (κ2) is 7.54. The summed E-state index contributed by atoms with van der Waals surface area (Å²) in [4.78, 5) is 1.54. The normalized spacial score (nSPS) is 11.8. The van der Waals surface area contributed by atoms with E-state index >= 15 is 0 Å². The van der Waals surface area contributed by atoms with E-state index in [1.54, 1.807) is 0 Å². The Balaban J connectivity index is 2.67. The Morgan fingerprint density at radius 1 is 1.15 bits per heavy atom. The summed E-state index contributed by atoms with van der Waals surface area (Å²) in [6, 6.07) is 5.42. The number of hydrogen-bond acceptors (Lipinski definition) is 4. The molecule has 114 valence electrons. The molecule has 0 bridgehead atoms. The van der Waals surface area contributed by atoms with E-state index in [1.165, 1.54) is 24.3 Å². The predicted molar refractivity (Wildman–Crippen MR) is 73.8 cm³/mol. The Kier molecular flexibility index (Phi) is 6.35. The molecular weight excluding hydrogens is 288 g/mol. The first-order valence-electron chi connectivity index (χ1n) is 6.33. The number of rotatable bonds is 8. The number of nitrogens with zero attached hydrogens (tertiary/aromatic N) is 1. The molecule has 0 spiro atoms. The highest BCUT2D eigenvalue weighted by Gasteiger charge is 2.26. The molecule has 1 N–H and O–H groups in total. The predicted octanol–water partition coefficient (Wildman–Crippen LogP) is 2.28. The van der Waals surface area contributed by atoms with Crippen molar-refractivity contribution in [3.8, 4) is 0 Å². The molecule has 0 fully saturated rings. The van der Waals surface area contributed by atoms with Crippen molar-refractivity contribution in [2.45, 2.75) is 29.9 Å².